The highest BCUT2D eigenvalue weighted by molar-refractivity contribution is 5.91. The summed E-state index contributed by atoms with van der Waals surface area (Å²) in [5.74, 6) is 0.286. The van der Waals surface area contributed by atoms with Crippen LogP contribution in [0.1, 0.15) is 63.2 Å². The average molecular weight is 493 g/mol. The van der Waals surface area contributed by atoms with E-state index < -0.39 is 0 Å². The molecular weight excluding hydrogens is 460 g/mol. The van der Waals surface area contributed by atoms with Gasteiger partial charge in [0.1, 0.15) is 11.5 Å². The van der Waals surface area contributed by atoms with E-state index in [9.17, 15) is 9.59 Å². The van der Waals surface area contributed by atoms with Crippen molar-refractivity contribution in [2.45, 2.75) is 46.5 Å². The van der Waals surface area contributed by atoms with Gasteiger partial charge < -0.3 is 9.47 Å². The summed E-state index contributed by atoms with van der Waals surface area (Å²) in [6.07, 6.45) is 8.54. The molecule has 0 aliphatic heterocycles. The Bertz CT molecular complexity index is 1400. The number of benzene rings is 3. The van der Waals surface area contributed by atoms with E-state index in [1.165, 1.54) is 0 Å². The minimum absolute atomic E-state index is 0.308. The lowest BCUT2D eigenvalue weighted by molar-refractivity contribution is 0.0635. The van der Waals surface area contributed by atoms with Gasteiger partial charge in [0, 0.05) is 5.41 Å². The Morgan fingerprint density at radius 2 is 1.35 bits per heavy atom. The largest absolute Gasteiger partial charge is 0.423 e. The van der Waals surface area contributed by atoms with Gasteiger partial charge >= 0.3 is 11.9 Å². The molecular formula is C33H32O4. The molecule has 0 radical (unpaired) electrons. The Morgan fingerprint density at radius 3 is 2.03 bits per heavy atom. The van der Waals surface area contributed by atoms with Crippen LogP contribution in [0, 0.1) is 20.8 Å². The summed E-state index contributed by atoms with van der Waals surface area (Å²) in [4.78, 5) is 25.1. The van der Waals surface area contributed by atoms with Crippen molar-refractivity contribution in [3.8, 4) is 5.75 Å². The summed E-state index contributed by atoms with van der Waals surface area (Å²) in [5.41, 5.74) is 6.22. The van der Waals surface area contributed by atoms with Gasteiger partial charge in [0.15, 0.2) is 0 Å². The second-order valence-corrected chi connectivity index (χ2v) is 9.93. The van der Waals surface area contributed by atoms with E-state index in [1.807, 2.05) is 87.5 Å². The molecule has 4 nitrogen and oxygen atoms in total. The molecule has 1 aliphatic rings. The van der Waals surface area contributed by atoms with Crippen LogP contribution in [0.4, 0.5) is 0 Å². The Morgan fingerprint density at radius 1 is 0.703 bits per heavy atom. The van der Waals surface area contributed by atoms with Gasteiger partial charge in [-0.1, -0.05) is 61.9 Å². The summed E-state index contributed by atoms with van der Waals surface area (Å²) < 4.78 is 11.2. The third kappa shape index (κ3) is 6.15. The van der Waals surface area contributed by atoms with Crippen molar-refractivity contribution >= 4 is 11.9 Å². The minimum Gasteiger partial charge on any atom is -0.423 e. The molecule has 3 aromatic rings. The van der Waals surface area contributed by atoms with Crippen molar-refractivity contribution in [2.24, 2.45) is 0 Å². The monoisotopic (exact) mass is 492 g/mol. The molecule has 4 rings (SSSR count). The average Bonchev–Trinajstić information content (AvgIpc) is 3.12. The zero-order valence-corrected chi connectivity index (χ0v) is 22.0. The summed E-state index contributed by atoms with van der Waals surface area (Å²) in [6, 6.07) is 20.5. The highest BCUT2D eigenvalue weighted by atomic mass is 16.5. The number of carbonyl (C=O) groups is 2. The normalized spacial score (nSPS) is 13.3. The van der Waals surface area contributed by atoms with Crippen LogP contribution in [0.25, 0.3) is 0 Å². The molecule has 0 saturated heterocycles. The number of esters is 2. The smallest absolute Gasteiger partial charge is 0.343 e. The summed E-state index contributed by atoms with van der Waals surface area (Å²) in [6.45, 7) is 10.3. The van der Waals surface area contributed by atoms with Crippen molar-refractivity contribution in [2.75, 3.05) is 0 Å². The van der Waals surface area contributed by atoms with E-state index in [0.29, 0.717) is 29.1 Å². The summed E-state index contributed by atoms with van der Waals surface area (Å²) >= 11 is 0. The van der Waals surface area contributed by atoms with E-state index >= 15 is 0 Å². The molecule has 3 aromatic carbocycles. The second-order valence-electron chi connectivity index (χ2n) is 9.93. The molecule has 0 fully saturated rings. The van der Waals surface area contributed by atoms with Crippen LogP contribution in [0.15, 0.2) is 102 Å². The number of ether oxygens (including phenoxy) is 2. The highest BCUT2D eigenvalue weighted by Crippen LogP contribution is 2.35. The molecule has 0 unspecified atom stereocenters. The Kier molecular flexibility index (Phi) is 7.58. The predicted molar refractivity (Wildman–Crippen MR) is 147 cm³/mol. The van der Waals surface area contributed by atoms with E-state index in [0.717, 1.165) is 27.8 Å². The standard InChI is InChI=1S/C33H32O4/c1-22-9-12-25(13-10-22)31(34)37-30-19-16-28(17-20-30)33(4,5)27-7-6-8-29(18-15-27)36-32(35)26-14-11-23(2)24(3)21-26/h7-21H,6H2,1-5H3. The lowest BCUT2D eigenvalue weighted by Crippen LogP contribution is -2.19. The lowest BCUT2D eigenvalue weighted by atomic mass is 9.77. The molecule has 0 amide bonds. The van der Waals surface area contributed by atoms with Crippen LogP contribution in [0.3, 0.4) is 0 Å². The van der Waals surface area contributed by atoms with Crippen molar-refractivity contribution in [1.29, 1.82) is 0 Å². The van der Waals surface area contributed by atoms with Crippen molar-refractivity contribution in [3.05, 3.63) is 136 Å². The fourth-order valence-corrected chi connectivity index (χ4v) is 4.15. The Hall–Kier alpha value is -4.18. The first-order valence-electron chi connectivity index (χ1n) is 12.4. The molecule has 0 saturated carbocycles. The summed E-state index contributed by atoms with van der Waals surface area (Å²) in [5, 5.41) is 0. The maximum absolute atomic E-state index is 12.7. The Labute approximate surface area is 218 Å². The van der Waals surface area contributed by atoms with Gasteiger partial charge in [-0.25, -0.2) is 9.59 Å². The summed E-state index contributed by atoms with van der Waals surface area (Å²) in [7, 11) is 0. The Balaban J connectivity index is 1.42. The number of aryl methyl sites for hydroxylation is 3. The maximum Gasteiger partial charge on any atom is 0.343 e. The van der Waals surface area contributed by atoms with Crippen LogP contribution in [0.2, 0.25) is 0 Å². The topological polar surface area (TPSA) is 52.6 Å². The van der Waals surface area contributed by atoms with Crippen molar-refractivity contribution in [1.82, 2.24) is 0 Å². The number of hydrogen-bond acceptors (Lipinski definition) is 4. The fourth-order valence-electron chi connectivity index (χ4n) is 4.15. The van der Waals surface area contributed by atoms with Gasteiger partial charge in [-0.05, 0) is 98.0 Å². The third-order valence-corrected chi connectivity index (χ3v) is 6.83. The van der Waals surface area contributed by atoms with Gasteiger partial charge in [0.05, 0.1) is 11.1 Å². The van der Waals surface area contributed by atoms with Gasteiger partial charge in [0.25, 0.3) is 0 Å². The zero-order valence-electron chi connectivity index (χ0n) is 22.0. The molecule has 0 spiro atoms. The fraction of sp³-hybridized carbons (Fsp3) is 0.212. The number of allylic oxidation sites excluding steroid dienone is 5. The molecule has 0 heterocycles. The first kappa shape index (κ1) is 25.9. The number of hydrogen-bond donors (Lipinski definition) is 0. The molecule has 188 valence electrons. The van der Waals surface area contributed by atoms with E-state index in [4.69, 9.17) is 9.47 Å². The first-order chi connectivity index (χ1) is 17.6. The molecule has 4 heteroatoms. The first-order valence-corrected chi connectivity index (χ1v) is 12.4. The highest BCUT2D eigenvalue weighted by Gasteiger charge is 2.25. The second kappa shape index (κ2) is 10.8. The van der Waals surface area contributed by atoms with Crippen molar-refractivity contribution in [3.63, 3.8) is 0 Å². The number of carbonyl (C=O) groups excluding carboxylic acids is 2. The van der Waals surface area contributed by atoms with Crippen LogP contribution in [-0.2, 0) is 10.2 Å². The van der Waals surface area contributed by atoms with E-state index in [-0.39, 0.29) is 17.4 Å². The third-order valence-electron chi connectivity index (χ3n) is 6.83. The van der Waals surface area contributed by atoms with Crippen molar-refractivity contribution < 1.29 is 19.1 Å². The van der Waals surface area contributed by atoms with Gasteiger partial charge in [-0.3, -0.25) is 0 Å². The molecule has 1 aliphatic carbocycles. The SMILES string of the molecule is Cc1ccc(C(=O)Oc2ccc(C(C)(C)C3=CCC=C(OC(=O)c4ccc(C)c(C)c4)C=C3)cc2)cc1. The quantitative estimate of drug-likeness (QED) is 0.261. The number of rotatable bonds is 6. The molecule has 37 heavy (non-hydrogen) atoms. The lowest BCUT2D eigenvalue weighted by Gasteiger charge is -2.27. The molecule has 0 atom stereocenters. The van der Waals surface area contributed by atoms with Crippen LogP contribution in [0.5, 0.6) is 5.75 Å². The van der Waals surface area contributed by atoms with E-state index in [2.05, 4.69) is 19.9 Å². The molecule has 0 aromatic heterocycles. The van der Waals surface area contributed by atoms with Gasteiger partial charge in [-0.15, -0.1) is 0 Å². The van der Waals surface area contributed by atoms with Crippen LogP contribution >= 0.6 is 0 Å². The van der Waals surface area contributed by atoms with Gasteiger partial charge in [0.2, 0.25) is 0 Å². The van der Waals surface area contributed by atoms with E-state index in [1.54, 1.807) is 18.2 Å². The predicted octanol–water partition coefficient (Wildman–Crippen LogP) is 7.74. The molecule has 0 bridgehead atoms. The molecule has 0 N–H and O–H groups in total. The maximum atomic E-state index is 12.7. The van der Waals surface area contributed by atoms with Crippen LogP contribution in [-0.4, -0.2) is 11.9 Å². The van der Waals surface area contributed by atoms with Gasteiger partial charge in [-0.2, -0.15) is 0 Å². The minimum atomic E-state index is -0.379. The van der Waals surface area contributed by atoms with Crippen LogP contribution < -0.4 is 4.74 Å². The zero-order chi connectivity index (χ0) is 26.6.